The van der Waals surface area contributed by atoms with Crippen molar-refractivity contribution in [3.05, 3.63) is 69.6 Å². The molecule has 0 fully saturated rings. The zero-order valence-electron chi connectivity index (χ0n) is 15.4. The third-order valence-electron chi connectivity index (χ3n) is 4.20. The number of rotatable bonds is 7. The van der Waals surface area contributed by atoms with Crippen LogP contribution in [0.4, 0.5) is 10.1 Å². The molecule has 0 aromatic heterocycles. The Balaban J connectivity index is 1.89. The number of benzene rings is 2. The topological polar surface area (TPSA) is 52.9 Å². The molecule has 0 saturated heterocycles. The number of nitrogens with zero attached hydrogens (tertiary/aromatic N) is 2. The molecule has 1 aliphatic rings. The molecule has 0 unspecified atom stereocenters. The molecule has 3 rings (SSSR count). The van der Waals surface area contributed by atoms with Gasteiger partial charge in [0.25, 0.3) is 5.91 Å². The van der Waals surface area contributed by atoms with Gasteiger partial charge in [-0.15, -0.1) is 0 Å². The summed E-state index contributed by atoms with van der Waals surface area (Å²) < 4.78 is 14.4. The second kappa shape index (κ2) is 10.3. The molecular formula is C21H19Cl2FN2O2S. The lowest BCUT2D eigenvalue weighted by molar-refractivity contribution is -0.113. The van der Waals surface area contributed by atoms with E-state index in [0.29, 0.717) is 26.5 Å². The summed E-state index contributed by atoms with van der Waals surface area (Å²) in [6, 6.07) is 11.1. The molecule has 2 aromatic rings. The average Bonchev–Trinajstić information content (AvgIpc) is 3.00. The van der Waals surface area contributed by atoms with Gasteiger partial charge in [-0.3, -0.25) is 9.69 Å². The zero-order valence-corrected chi connectivity index (χ0v) is 17.8. The second-order valence-corrected chi connectivity index (χ2v) is 8.20. The van der Waals surface area contributed by atoms with Crippen molar-refractivity contribution in [3.8, 4) is 0 Å². The summed E-state index contributed by atoms with van der Waals surface area (Å²) in [5.41, 5.74) is 1.04. The van der Waals surface area contributed by atoms with Crippen LogP contribution in [-0.2, 0) is 4.79 Å². The first-order valence-electron chi connectivity index (χ1n) is 9.09. The van der Waals surface area contributed by atoms with Crippen LogP contribution in [-0.4, -0.2) is 28.5 Å². The van der Waals surface area contributed by atoms with E-state index < -0.39 is 11.7 Å². The number of hydrogen-bond donors (Lipinski definition) is 1. The number of hydrogen-bond acceptors (Lipinski definition) is 4. The lowest BCUT2D eigenvalue weighted by atomic mass is 10.2. The average molecular weight is 453 g/mol. The molecule has 152 valence electrons. The van der Waals surface area contributed by atoms with Crippen LogP contribution in [0.5, 0.6) is 0 Å². The maximum absolute atomic E-state index is 14.4. The predicted molar refractivity (Wildman–Crippen MR) is 119 cm³/mol. The minimum atomic E-state index is -0.495. The van der Waals surface area contributed by atoms with Gasteiger partial charge < -0.3 is 5.11 Å². The fourth-order valence-electron chi connectivity index (χ4n) is 2.75. The zero-order chi connectivity index (χ0) is 20.8. The van der Waals surface area contributed by atoms with E-state index in [1.165, 1.54) is 22.7 Å². The number of amides is 1. The van der Waals surface area contributed by atoms with E-state index in [9.17, 15) is 9.18 Å². The Hall–Kier alpha value is -1.86. The van der Waals surface area contributed by atoms with E-state index in [2.05, 4.69) is 4.99 Å². The summed E-state index contributed by atoms with van der Waals surface area (Å²) in [4.78, 5) is 18.8. The van der Waals surface area contributed by atoms with Crippen LogP contribution in [0.25, 0.3) is 6.08 Å². The highest BCUT2D eigenvalue weighted by molar-refractivity contribution is 8.14. The third kappa shape index (κ3) is 5.39. The van der Waals surface area contributed by atoms with E-state index in [1.54, 1.807) is 42.5 Å². The first kappa shape index (κ1) is 21.8. The van der Waals surface area contributed by atoms with Gasteiger partial charge in [-0.2, -0.15) is 0 Å². The Morgan fingerprint density at radius 2 is 1.90 bits per heavy atom. The van der Waals surface area contributed by atoms with Gasteiger partial charge in [0.1, 0.15) is 11.5 Å². The summed E-state index contributed by atoms with van der Waals surface area (Å²) in [7, 11) is 0. The maximum atomic E-state index is 14.4. The van der Waals surface area contributed by atoms with Crippen molar-refractivity contribution < 1.29 is 14.3 Å². The molecule has 0 saturated carbocycles. The SMILES string of the molecule is O=C1C(=Cc2ccc(Cl)c(Cl)c2)N=C(SCCCCCO)N1c1ccccc1F. The predicted octanol–water partition coefficient (Wildman–Crippen LogP) is 5.77. The fraction of sp³-hybridized carbons (Fsp3) is 0.238. The number of aliphatic hydroxyl groups excluding tert-OH is 1. The van der Waals surface area contributed by atoms with Gasteiger partial charge in [0.2, 0.25) is 0 Å². The largest absolute Gasteiger partial charge is 0.396 e. The lowest BCUT2D eigenvalue weighted by Gasteiger charge is -2.18. The summed E-state index contributed by atoms with van der Waals surface area (Å²) in [6.07, 6.45) is 4.06. The molecule has 0 radical (unpaired) electrons. The standard InChI is InChI=1S/C21H19Cl2FN2O2S/c22-15-9-8-14(12-16(15)23)13-18-20(28)26(19-7-3-2-6-17(19)24)21(25-18)29-11-5-1-4-10-27/h2-3,6-9,12-13,27H,1,4-5,10-11H2. The van der Waals surface area contributed by atoms with Crippen LogP contribution in [0.1, 0.15) is 24.8 Å². The van der Waals surface area contributed by atoms with Crippen molar-refractivity contribution in [3.63, 3.8) is 0 Å². The van der Waals surface area contributed by atoms with Crippen LogP contribution in [0.15, 0.2) is 53.2 Å². The molecule has 1 heterocycles. The molecule has 1 N–H and O–H groups in total. The molecule has 1 amide bonds. The number of amidine groups is 1. The van der Waals surface area contributed by atoms with Crippen LogP contribution in [0.2, 0.25) is 10.0 Å². The van der Waals surface area contributed by atoms with Crippen molar-refractivity contribution in [2.24, 2.45) is 4.99 Å². The van der Waals surface area contributed by atoms with Gasteiger partial charge in [-0.25, -0.2) is 9.38 Å². The van der Waals surface area contributed by atoms with E-state index >= 15 is 0 Å². The van der Waals surface area contributed by atoms with E-state index in [1.807, 2.05) is 0 Å². The van der Waals surface area contributed by atoms with Crippen molar-refractivity contribution in [1.82, 2.24) is 0 Å². The Morgan fingerprint density at radius 1 is 1.10 bits per heavy atom. The summed E-state index contributed by atoms with van der Waals surface area (Å²) in [5, 5.41) is 10.1. The smallest absolute Gasteiger partial charge is 0.283 e. The van der Waals surface area contributed by atoms with Gasteiger partial charge in [0.15, 0.2) is 5.17 Å². The molecule has 4 nitrogen and oxygen atoms in total. The van der Waals surface area contributed by atoms with Crippen LogP contribution in [0, 0.1) is 5.82 Å². The molecule has 0 spiro atoms. The van der Waals surface area contributed by atoms with E-state index in [4.69, 9.17) is 28.3 Å². The Morgan fingerprint density at radius 3 is 2.62 bits per heavy atom. The van der Waals surface area contributed by atoms with Crippen molar-refractivity contribution in [1.29, 1.82) is 0 Å². The molecule has 2 aromatic carbocycles. The van der Waals surface area contributed by atoms with Gasteiger partial charge in [-0.1, -0.05) is 59.6 Å². The van der Waals surface area contributed by atoms with E-state index in [0.717, 1.165) is 19.3 Å². The molecule has 0 bridgehead atoms. The number of aliphatic imine (C=N–C) groups is 1. The maximum Gasteiger partial charge on any atom is 0.283 e. The summed E-state index contributed by atoms with van der Waals surface area (Å²) in [5.74, 6) is -0.193. The molecule has 1 aliphatic heterocycles. The highest BCUT2D eigenvalue weighted by Crippen LogP contribution is 2.32. The second-order valence-electron chi connectivity index (χ2n) is 6.32. The summed E-state index contributed by atoms with van der Waals surface area (Å²) in [6.45, 7) is 0.155. The first-order chi connectivity index (χ1) is 14.0. The Bertz CT molecular complexity index is 965. The number of halogens is 3. The molecular weight excluding hydrogens is 434 g/mol. The van der Waals surface area contributed by atoms with Gasteiger partial charge in [0, 0.05) is 12.4 Å². The van der Waals surface area contributed by atoms with Crippen LogP contribution in [0.3, 0.4) is 0 Å². The van der Waals surface area contributed by atoms with Crippen LogP contribution < -0.4 is 4.90 Å². The number of unbranched alkanes of at least 4 members (excludes halogenated alkanes) is 2. The lowest BCUT2D eigenvalue weighted by Crippen LogP contribution is -2.31. The van der Waals surface area contributed by atoms with Crippen LogP contribution >= 0.6 is 35.0 Å². The molecule has 0 aliphatic carbocycles. The monoisotopic (exact) mass is 452 g/mol. The van der Waals surface area contributed by atoms with Crippen molar-refractivity contribution >= 4 is 57.8 Å². The van der Waals surface area contributed by atoms with Gasteiger partial charge >= 0.3 is 0 Å². The number of thioether (sulfide) groups is 1. The minimum Gasteiger partial charge on any atom is -0.396 e. The molecule has 29 heavy (non-hydrogen) atoms. The van der Waals surface area contributed by atoms with Gasteiger partial charge in [-0.05, 0) is 48.7 Å². The third-order valence-corrected chi connectivity index (χ3v) is 5.97. The number of aliphatic hydroxyl groups is 1. The Kier molecular flexibility index (Phi) is 7.72. The van der Waals surface area contributed by atoms with E-state index in [-0.39, 0.29) is 18.0 Å². The quantitative estimate of drug-likeness (QED) is 0.428. The van der Waals surface area contributed by atoms with Crippen molar-refractivity contribution in [2.75, 3.05) is 17.3 Å². The fourth-order valence-corrected chi connectivity index (χ4v) is 4.06. The normalized spacial score (nSPS) is 15.3. The minimum absolute atomic E-state index is 0.155. The highest BCUT2D eigenvalue weighted by Gasteiger charge is 2.33. The number of anilines is 1. The highest BCUT2D eigenvalue weighted by atomic mass is 35.5. The first-order valence-corrected chi connectivity index (χ1v) is 10.8. The van der Waals surface area contributed by atoms with Gasteiger partial charge in [0.05, 0.1) is 15.7 Å². The molecule has 8 heteroatoms. The summed E-state index contributed by atoms with van der Waals surface area (Å²) >= 11 is 13.4. The molecule has 0 atom stereocenters. The Labute approximate surface area is 183 Å². The number of para-hydroxylation sites is 1. The number of carbonyl (C=O) groups is 1. The van der Waals surface area contributed by atoms with Crippen molar-refractivity contribution in [2.45, 2.75) is 19.3 Å². The number of carbonyl (C=O) groups excluding carboxylic acids is 1.